The molecule has 0 saturated heterocycles. The maximum atomic E-state index is 12.0. The maximum Gasteiger partial charge on any atom is 0.331 e. The largest absolute Gasteiger partial charge is 0.454 e. The van der Waals surface area contributed by atoms with E-state index in [-0.39, 0.29) is 18.3 Å². The van der Waals surface area contributed by atoms with Gasteiger partial charge in [-0.15, -0.1) is 22.7 Å². The van der Waals surface area contributed by atoms with Crippen molar-refractivity contribution in [2.24, 2.45) is 0 Å². The van der Waals surface area contributed by atoms with Gasteiger partial charge in [-0.25, -0.2) is 9.78 Å². The van der Waals surface area contributed by atoms with Gasteiger partial charge in [-0.2, -0.15) is 0 Å². The zero-order valence-corrected chi connectivity index (χ0v) is 16.5. The van der Waals surface area contributed by atoms with Crippen molar-refractivity contribution in [1.82, 2.24) is 4.98 Å². The molecule has 0 aliphatic rings. The van der Waals surface area contributed by atoms with Crippen LogP contribution in [0, 0.1) is 0 Å². The van der Waals surface area contributed by atoms with E-state index < -0.39 is 5.97 Å². The highest BCUT2D eigenvalue weighted by Gasteiger charge is 2.17. The van der Waals surface area contributed by atoms with Gasteiger partial charge in [0.2, 0.25) is 11.7 Å². The first-order chi connectivity index (χ1) is 13.5. The Bertz CT molecular complexity index is 994. The number of thiazole rings is 1. The summed E-state index contributed by atoms with van der Waals surface area (Å²) in [5, 5.41) is 4.02. The third-order valence-electron chi connectivity index (χ3n) is 3.56. The van der Waals surface area contributed by atoms with Gasteiger partial charge in [-0.1, -0.05) is 24.3 Å². The second kappa shape index (κ2) is 9.20. The molecule has 2 heterocycles. The Morgan fingerprint density at radius 2 is 1.89 bits per heavy atom. The Hall–Kier alpha value is -3.10. The summed E-state index contributed by atoms with van der Waals surface area (Å²) in [6, 6.07) is 12.6. The number of esters is 1. The molecule has 1 aromatic carbocycles. The minimum absolute atomic E-state index is 0.164. The van der Waals surface area contributed by atoms with E-state index in [0.717, 1.165) is 0 Å². The number of hydrogen-bond acceptors (Lipinski definition) is 7. The first kappa shape index (κ1) is 19.7. The molecule has 0 fully saturated rings. The summed E-state index contributed by atoms with van der Waals surface area (Å²) < 4.78 is 4.95. The zero-order chi connectivity index (χ0) is 19.9. The van der Waals surface area contributed by atoms with E-state index in [9.17, 15) is 14.4 Å². The van der Waals surface area contributed by atoms with Gasteiger partial charge < -0.3 is 4.74 Å². The number of amides is 1. The zero-order valence-electron chi connectivity index (χ0n) is 14.9. The second-order valence-corrected chi connectivity index (χ2v) is 7.37. The Labute approximate surface area is 169 Å². The molecule has 8 heteroatoms. The summed E-state index contributed by atoms with van der Waals surface area (Å²) in [4.78, 5) is 42.1. The number of anilines is 2. The summed E-state index contributed by atoms with van der Waals surface area (Å²) in [5.74, 6) is -1.04. The van der Waals surface area contributed by atoms with E-state index in [1.165, 1.54) is 46.6 Å². The number of ether oxygens (including phenoxy) is 1. The number of Topliss-reactive ketones (excluding diaryl/α,β-unsaturated/α-hetero) is 1. The minimum atomic E-state index is -0.633. The topological polar surface area (TPSA) is 76.6 Å². The first-order valence-electron chi connectivity index (χ1n) is 8.27. The number of para-hydroxylation sites is 1. The van der Waals surface area contributed by atoms with Crippen molar-refractivity contribution >= 4 is 57.2 Å². The number of benzene rings is 1. The molecule has 0 bridgehead atoms. The van der Waals surface area contributed by atoms with Gasteiger partial charge in [0.15, 0.2) is 11.7 Å². The van der Waals surface area contributed by atoms with Crippen molar-refractivity contribution in [3.8, 4) is 0 Å². The standard InChI is InChI=1S/C20H16N2O4S2/c1-14(23)22(16-6-3-2-4-7-16)20-21-15(13-28-20)9-10-19(25)26-12-17(24)18-8-5-11-27-18/h2-11,13H,12H2,1H3/b10-9+. The van der Waals surface area contributed by atoms with Gasteiger partial charge in [0.1, 0.15) is 0 Å². The molecular formula is C20H16N2O4S2. The fraction of sp³-hybridized carbons (Fsp3) is 0.100. The van der Waals surface area contributed by atoms with E-state index in [1.807, 2.05) is 30.3 Å². The molecule has 0 aliphatic heterocycles. The molecule has 0 aliphatic carbocycles. The highest BCUT2D eigenvalue weighted by atomic mass is 32.1. The number of aromatic nitrogens is 1. The number of nitrogens with zero attached hydrogens (tertiary/aromatic N) is 2. The van der Waals surface area contributed by atoms with Crippen LogP contribution in [0.5, 0.6) is 0 Å². The fourth-order valence-corrected chi connectivity index (χ4v) is 3.81. The lowest BCUT2D eigenvalue weighted by atomic mass is 10.3. The van der Waals surface area contributed by atoms with Crippen molar-refractivity contribution in [2.45, 2.75) is 6.92 Å². The number of hydrogen-bond donors (Lipinski definition) is 0. The van der Waals surface area contributed by atoms with Crippen molar-refractivity contribution < 1.29 is 19.1 Å². The molecule has 142 valence electrons. The average Bonchev–Trinajstić information content (AvgIpc) is 3.37. The van der Waals surface area contributed by atoms with E-state index in [4.69, 9.17) is 4.74 Å². The van der Waals surface area contributed by atoms with Crippen LogP contribution in [0.3, 0.4) is 0 Å². The van der Waals surface area contributed by atoms with Crippen molar-refractivity contribution in [3.63, 3.8) is 0 Å². The monoisotopic (exact) mass is 412 g/mol. The highest BCUT2D eigenvalue weighted by molar-refractivity contribution is 7.14. The molecule has 0 spiro atoms. The third kappa shape index (κ3) is 4.99. The third-order valence-corrected chi connectivity index (χ3v) is 5.32. The lowest BCUT2D eigenvalue weighted by molar-refractivity contribution is -0.136. The van der Waals surface area contributed by atoms with E-state index in [2.05, 4.69) is 4.98 Å². The second-order valence-electron chi connectivity index (χ2n) is 5.59. The van der Waals surface area contributed by atoms with Crippen LogP contribution in [-0.4, -0.2) is 29.3 Å². The summed E-state index contributed by atoms with van der Waals surface area (Å²) in [6.45, 7) is 1.16. The molecule has 0 unspecified atom stereocenters. The predicted octanol–water partition coefficient (Wildman–Crippen LogP) is 4.33. The average molecular weight is 412 g/mol. The lowest BCUT2D eigenvalue weighted by Crippen LogP contribution is -2.22. The van der Waals surface area contributed by atoms with Crippen LogP contribution < -0.4 is 4.90 Å². The highest BCUT2D eigenvalue weighted by Crippen LogP contribution is 2.29. The number of thiophene rings is 1. The van der Waals surface area contributed by atoms with Crippen LogP contribution in [0.15, 0.2) is 59.3 Å². The quantitative estimate of drug-likeness (QED) is 0.328. The van der Waals surface area contributed by atoms with E-state index >= 15 is 0 Å². The number of carbonyl (C=O) groups excluding carboxylic acids is 3. The van der Waals surface area contributed by atoms with E-state index in [1.54, 1.807) is 22.9 Å². The lowest BCUT2D eigenvalue weighted by Gasteiger charge is -2.17. The van der Waals surface area contributed by atoms with Gasteiger partial charge in [-0.3, -0.25) is 14.5 Å². The number of rotatable bonds is 7. The molecule has 28 heavy (non-hydrogen) atoms. The fourth-order valence-electron chi connectivity index (χ4n) is 2.31. The normalized spacial score (nSPS) is 10.8. The van der Waals surface area contributed by atoms with Crippen molar-refractivity contribution in [1.29, 1.82) is 0 Å². The first-order valence-corrected chi connectivity index (χ1v) is 10.0. The van der Waals surface area contributed by atoms with Crippen molar-refractivity contribution in [3.05, 3.63) is 69.9 Å². The number of ketones is 1. The van der Waals surface area contributed by atoms with Gasteiger partial charge in [0.25, 0.3) is 0 Å². The van der Waals surface area contributed by atoms with Crippen LogP contribution in [0.25, 0.3) is 6.08 Å². The van der Waals surface area contributed by atoms with E-state index in [0.29, 0.717) is 21.4 Å². The SMILES string of the molecule is CC(=O)N(c1ccccc1)c1nc(/C=C/C(=O)OCC(=O)c2cccs2)cs1. The minimum Gasteiger partial charge on any atom is -0.454 e. The summed E-state index contributed by atoms with van der Waals surface area (Å²) in [7, 11) is 0. The molecule has 0 saturated carbocycles. The van der Waals surface area contributed by atoms with Crippen LogP contribution in [0.1, 0.15) is 22.3 Å². The van der Waals surface area contributed by atoms with Gasteiger partial charge in [-0.05, 0) is 29.7 Å². The molecule has 0 radical (unpaired) electrons. The molecule has 0 N–H and O–H groups in total. The Morgan fingerprint density at radius 1 is 1.11 bits per heavy atom. The van der Waals surface area contributed by atoms with Crippen LogP contribution in [0.4, 0.5) is 10.8 Å². The molecule has 0 atom stereocenters. The Kier molecular flexibility index (Phi) is 6.46. The molecule has 3 aromatic rings. The van der Waals surface area contributed by atoms with Crippen LogP contribution in [0.2, 0.25) is 0 Å². The summed E-state index contributed by atoms with van der Waals surface area (Å²) in [5.41, 5.74) is 1.23. The summed E-state index contributed by atoms with van der Waals surface area (Å²) in [6.07, 6.45) is 2.70. The molecular weight excluding hydrogens is 396 g/mol. The number of carbonyl (C=O) groups is 3. The summed E-state index contributed by atoms with van der Waals surface area (Å²) >= 11 is 2.59. The van der Waals surface area contributed by atoms with Gasteiger partial charge in [0.05, 0.1) is 16.3 Å². The molecule has 3 rings (SSSR count). The Balaban J connectivity index is 1.62. The molecule has 6 nitrogen and oxygen atoms in total. The Morgan fingerprint density at radius 3 is 2.57 bits per heavy atom. The molecule has 2 aromatic heterocycles. The van der Waals surface area contributed by atoms with Crippen LogP contribution >= 0.6 is 22.7 Å². The smallest absolute Gasteiger partial charge is 0.331 e. The maximum absolute atomic E-state index is 12.0. The predicted molar refractivity (Wildman–Crippen MR) is 110 cm³/mol. The molecule has 1 amide bonds. The van der Waals surface area contributed by atoms with Crippen LogP contribution in [-0.2, 0) is 14.3 Å². The van der Waals surface area contributed by atoms with Gasteiger partial charge >= 0.3 is 5.97 Å². The van der Waals surface area contributed by atoms with Gasteiger partial charge in [0, 0.05) is 18.4 Å². The van der Waals surface area contributed by atoms with Crippen molar-refractivity contribution in [2.75, 3.05) is 11.5 Å².